The van der Waals surface area contributed by atoms with E-state index in [0.29, 0.717) is 22.5 Å². The Kier molecular flexibility index (Phi) is 7.06. The number of nitrogens with one attached hydrogen (secondary N) is 1. The molecule has 0 saturated carbocycles. The first-order chi connectivity index (χ1) is 13.2. The smallest absolute Gasteiger partial charge is 0.341 e. The van der Waals surface area contributed by atoms with Gasteiger partial charge in [0.15, 0.2) is 0 Å². The van der Waals surface area contributed by atoms with Gasteiger partial charge in [0.25, 0.3) is 5.69 Å². The third kappa shape index (κ3) is 5.26. The first kappa shape index (κ1) is 21.3. The number of aryl methyl sites for hydroxylation is 1. The number of benzene rings is 1. The van der Waals surface area contributed by atoms with Gasteiger partial charge in [-0.15, -0.1) is 11.3 Å². The van der Waals surface area contributed by atoms with Gasteiger partial charge in [0.1, 0.15) is 5.00 Å². The van der Waals surface area contributed by atoms with E-state index in [0.717, 1.165) is 10.4 Å². The van der Waals surface area contributed by atoms with E-state index in [-0.39, 0.29) is 11.8 Å². The lowest BCUT2D eigenvalue weighted by molar-refractivity contribution is -0.384. The number of ether oxygens (including phenoxy) is 1. The van der Waals surface area contributed by atoms with Crippen LogP contribution in [0.5, 0.6) is 0 Å². The predicted octanol–water partition coefficient (Wildman–Crippen LogP) is 4.74. The zero-order valence-corrected chi connectivity index (χ0v) is 17.0. The quantitative estimate of drug-likeness (QED) is 0.312. The molecule has 1 aromatic heterocycles. The molecule has 7 nitrogen and oxygen atoms in total. The maximum absolute atomic E-state index is 12.5. The largest absolute Gasteiger partial charge is 0.459 e. The van der Waals surface area contributed by atoms with Crippen molar-refractivity contribution in [1.82, 2.24) is 0 Å². The molecule has 2 aromatic rings. The van der Waals surface area contributed by atoms with Gasteiger partial charge in [-0.3, -0.25) is 14.9 Å². The summed E-state index contributed by atoms with van der Waals surface area (Å²) in [4.78, 5) is 36.1. The molecule has 0 radical (unpaired) electrons. The molecule has 0 saturated heterocycles. The van der Waals surface area contributed by atoms with Crippen LogP contribution < -0.4 is 5.32 Å². The minimum atomic E-state index is -0.495. The maximum atomic E-state index is 12.5. The van der Waals surface area contributed by atoms with Crippen LogP contribution >= 0.6 is 11.3 Å². The topological polar surface area (TPSA) is 98.5 Å². The molecule has 0 aliphatic heterocycles. The van der Waals surface area contributed by atoms with E-state index >= 15 is 0 Å². The van der Waals surface area contributed by atoms with Crippen molar-refractivity contribution in [2.75, 3.05) is 5.32 Å². The van der Waals surface area contributed by atoms with Crippen molar-refractivity contribution in [2.24, 2.45) is 0 Å². The SMILES string of the molecule is CCc1c(C)sc(NC(=O)C=Cc2cccc([N+](=O)[O-])c2)c1C(=O)OC(C)C. The van der Waals surface area contributed by atoms with Crippen LogP contribution in [0.4, 0.5) is 10.7 Å². The molecule has 148 valence electrons. The molecule has 1 aromatic carbocycles. The number of carbonyl (C=O) groups excluding carboxylic acids is 2. The lowest BCUT2D eigenvalue weighted by atomic mass is 10.1. The first-order valence-corrected chi connectivity index (χ1v) is 9.61. The lowest BCUT2D eigenvalue weighted by Gasteiger charge is -2.10. The molecule has 2 rings (SSSR count). The fourth-order valence-corrected chi connectivity index (χ4v) is 3.78. The number of hydrogen-bond donors (Lipinski definition) is 1. The second kappa shape index (κ2) is 9.27. The van der Waals surface area contributed by atoms with Gasteiger partial charge in [-0.25, -0.2) is 4.79 Å². The van der Waals surface area contributed by atoms with Gasteiger partial charge in [-0.2, -0.15) is 0 Å². The fourth-order valence-electron chi connectivity index (χ4n) is 2.65. The van der Waals surface area contributed by atoms with Gasteiger partial charge >= 0.3 is 5.97 Å². The van der Waals surface area contributed by atoms with E-state index in [2.05, 4.69) is 5.32 Å². The zero-order valence-electron chi connectivity index (χ0n) is 16.1. The summed E-state index contributed by atoms with van der Waals surface area (Å²) < 4.78 is 5.31. The van der Waals surface area contributed by atoms with Crippen LogP contribution in [0.2, 0.25) is 0 Å². The Balaban J connectivity index is 2.23. The molecular weight excluding hydrogens is 380 g/mol. The molecule has 0 aliphatic rings. The monoisotopic (exact) mass is 402 g/mol. The van der Waals surface area contributed by atoms with E-state index < -0.39 is 16.8 Å². The second-order valence-corrected chi connectivity index (χ2v) is 7.55. The number of nitrogens with zero attached hydrogens (tertiary/aromatic N) is 1. The molecule has 1 heterocycles. The maximum Gasteiger partial charge on any atom is 0.341 e. The number of anilines is 1. The highest BCUT2D eigenvalue weighted by molar-refractivity contribution is 7.16. The van der Waals surface area contributed by atoms with Crippen molar-refractivity contribution in [3.05, 3.63) is 62.0 Å². The Morgan fingerprint density at radius 2 is 2.07 bits per heavy atom. The third-order valence-electron chi connectivity index (χ3n) is 3.85. The number of carbonyl (C=O) groups is 2. The first-order valence-electron chi connectivity index (χ1n) is 8.79. The Morgan fingerprint density at radius 3 is 2.68 bits per heavy atom. The van der Waals surface area contributed by atoms with Crippen molar-refractivity contribution < 1.29 is 19.2 Å². The molecule has 0 bridgehead atoms. The minimum absolute atomic E-state index is 0.0530. The van der Waals surface area contributed by atoms with Crippen LogP contribution in [0.15, 0.2) is 30.3 Å². The Morgan fingerprint density at radius 1 is 1.36 bits per heavy atom. The number of rotatable bonds is 7. The molecule has 0 spiro atoms. The second-order valence-electron chi connectivity index (χ2n) is 6.32. The highest BCUT2D eigenvalue weighted by Crippen LogP contribution is 2.34. The number of nitro groups is 1. The number of esters is 1. The van der Waals surface area contributed by atoms with Crippen molar-refractivity contribution >= 4 is 40.0 Å². The number of hydrogen-bond acceptors (Lipinski definition) is 6. The Bertz CT molecular complexity index is 931. The van der Waals surface area contributed by atoms with E-state index in [4.69, 9.17) is 4.74 Å². The average molecular weight is 402 g/mol. The Labute approximate surface area is 167 Å². The van der Waals surface area contributed by atoms with Crippen molar-refractivity contribution in [3.8, 4) is 0 Å². The highest BCUT2D eigenvalue weighted by Gasteiger charge is 2.23. The minimum Gasteiger partial charge on any atom is -0.459 e. The summed E-state index contributed by atoms with van der Waals surface area (Å²) in [5, 5.41) is 14.0. The summed E-state index contributed by atoms with van der Waals surface area (Å²) in [5.41, 5.74) is 1.72. The van der Waals surface area contributed by atoms with Crippen LogP contribution in [0.3, 0.4) is 0 Å². The van der Waals surface area contributed by atoms with Gasteiger partial charge in [0.2, 0.25) is 5.91 Å². The molecule has 0 fully saturated rings. The number of non-ortho nitro benzene ring substituents is 1. The molecule has 0 unspecified atom stereocenters. The van der Waals surface area contributed by atoms with Gasteiger partial charge in [0.05, 0.1) is 16.6 Å². The fraction of sp³-hybridized carbons (Fsp3) is 0.300. The number of amides is 1. The highest BCUT2D eigenvalue weighted by atomic mass is 32.1. The van der Waals surface area contributed by atoms with E-state index in [9.17, 15) is 19.7 Å². The summed E-state index contributed by atoms with van der Waals surface area (Å²) >= 11 is 1.32. The summed E-state index contributed by atoms with van der Waals surface area (Å²) in [7, 11) is 0. The van der Waals surface area contributed by atoms with Gasteiger partial charge in [-0.1, -0.05) is 19.1 Å². The van der Waals surface area contributed by atoms with E-state index in [1.165, 1.54) is 35.6 Å². The van der Waals surface area contributed by atoms with Gasteiger partial charge < -0.3 is 10.1 Å². The summed E-state index contributed by atoms with van der Waals surface area (Å²) in [6.45, 7) is 7.37. The standard InChI is InChI=1S/C20H22N2O5S/c1-5-16-13(4)28-19(18(16)20(24)27-12(2)3)21-17(23)10-9-14-7-6-8-15(11-14)22(25)26/h6-12H,5H2,1-4H3,(H,21,23). The molecule has 1 amide bonds. The summed E-state index contributed by atoms with van der Waals surface area (Å²) in [5.74, 6) is -0.900. The van der Waals surface area contributed by atoms with Gasteiger partial charge in [-0.05, 0) is 44.4 Å². The molecule has 8 heteroatoms. The van der Waals surface area contributed by atoms with Crippen LogP contribution in [-0.4, -0.2) is 22.9 Å². The van der Waals surface area contributed by atoms with Crippen LogP contribution in [0.25, 0.3) is 6.08 Å². The summed E-state index contributed by atoms with van der Waals surface area (Å²) in [6, 6.07) is 5.96. The lowest BCUT2D eigenvalue weighted by Crippen LogP contribution is -2.16. The third-order valence-corrected chi connectivity index (χ3v) is 4.92. The number of nitro benzene ring substituents is 1. The van der Waals surface area contributed by atoms with Crippen LogP contribution in [-0.2, 0) is 16.0 Å². The number of thiophene rings is 1. The molecule has 1 N–H and O–H groups in total. The van der Waals surface area contributed by atoms with Crippen molar-refractivity contribution in [3.63, 3.8) is 0 Å². The Hall–Kier alpha value is -3.00. The van der Waals surface area contributed by atoms with Crippen LogP contribution in [0.1, 0.15) is 47.1 Å². The molecular formula is C20H22N2O5S. The van der Waals surface area contributed by atoms with Crippen molar-refractivity contribution in [2.45, 2.75) is 40.2 Å². The normalized spacial score (nSPS) is 11.0. The van der Waals surface area contributed by atoms with E-state index in [1.807, 2.05) is 13.8 Å². The molecule has 0 aliphatic carbocycles. The average Bonchev–Trinajstić information content (AvgIpc) is 2.94. The molecule has 28 heavy (non-hydrogen) atoms. The van der Waals surface area contributed by atoms with Gasteiger partial charge in [0, 0.05) is 23.1 Å². The zero-order chi connectivity index (χ0) is 20.8. The summed E-state index contributed by atoms with van der Waals surface area (Å²) in [6.07, 6.45) is 3.13. The predicted molar refractivity (Wildman–Crippen MR) is 110 cm³/mol. The molecule has 0 atom stereocenters. The van der Waals surface area contributed by atoms with Crippen molar-refractivity contribution in [1.29, 1.82) is 0 Å². The van der Waals surface area contributed by atoms with Crippen LogP contribution in [0, 0.1) is 17.0 Å². The van der Waals surface area contributed by atoms with E-state index in [1.54, 1.807) is 26.0 Å².